The van der Waals surface area contributed by atoms with Gasteiger partial charge in [0.05, 0.1) is 6.10 Å². The van der Waals surface area contributed by atoms with Crippen LogP contribution >= 0.6 is 0 Å². The second kappa shape index (κ2) is 4.32. The van der Waals surface area contributed by atoms with Gasteiger partial charge >= 0.3 is 0 Å². The van der Waals surface area contributed by atoms with Crippen molar-refractivity contribution in [1.29, 1.82) is 0 Å². The van der Waals surface area contributed by atoms with Crippen LogP contribution in [0.25, 0.3) is 0 Å². The highest BCUT2D eigenvalue weighted by Crippen LogP contribution is 2.33. The molecule has 0 aliphatic heterocycles. The lowest BCUT2D eigenvalue weighted by Gasteiger charge is -2.17. The van der Waals surface area contributed by atoms with Crippen molar-refractivity contribution >= 4 is 5.82 Å². The Morgan fingerprint density at radius 1 is 1.38 bits per heavy atom. The van der Waals surface area contributed by atoms with Crippen LogP contribution in [0.4, 0.5) is 5.82 Å². The fraction of sp³-hybridized carbons (Fsp3) is 0.615. The van der Waals surface area contributed by atoms with Crippen LogP contribution < -0.4 is 9.64 Å². The third-order valence-corrected chi connectivity index (χ3v) is 2.78. The summed E-state index contributed by atoms with van der Waals surface area (Å²) in [7, 11) is 4.00. The third-order valence-electron chi connectivity index (χ3n) is 2.78. The van der Waals surface area contributed by atoms with Gasteiger partial charge in [-0.2, -0.15) is 0 Å². The summed E-state index contributed by atoms with van der Waals surface area (Å²) in [6, 6.07) is 2.05. The van der Waals surface area contributed by atoms with Crippen LogP contribution in [0.15, 0.2) is 12.3 Å². The van der Waals surface area contributed by atoms with Gasteiger partial charge in [0.1, 0.15) is 11.6 Å². The summed E-state index contributed by atoms with van der Waals surface area (Å²) in [4.78, 5) is 6.44. The number of aromatic nitrogens is 1. The second-order valence-corrected chi connectivity index (χ2v) is 4.95. The SMILES string of the molecule is CC(C)c1cnc(N(C)C)cc1OC1CC1. The number of rotatable bonds is 4. The molecule has 1 aliphatic carbocycles. The number of hydrogen-bond donors (Lipinski definition) is 0. The summed E-state index contributed by atoms with van der Waals surface area (Å²) in [6.45, 7) is 4.35. The molecule has 0 amide bonds. The first-order valence-electron chi connectivity index (χ1n) is 5.92. The summed E-state index contributed by atoms with van der Waals surface area (Å²) in [5.74, 6) is 2.42. The highest BCUT2D eigenvalue weighted by atomic mass is 16.5. The van der Waals surface area contributed by atoms with E-state index in [2.05, 4.69) is 18.8 Å². The average molecular weight is 220 g/mol. The van der Waals surface area contributed by atoms with Gasteiger partial charge in [-0.25, -0.2) is 4.98 Å². The predicted molar refractivity (Wildman–Crippen MR) is 66.3 cm³/mol. The summed E-state index contributed by atoms with van der Waals surface area (Å²) in [5.41, 5.74) is 1.21. The van der Waals surface area contributed by atoms with Crippen molar-refractivity contribution < 1.29 is 4.74 Å². The number of ether oxygens (including phenoxy) is 1. The number of nitrogens with zero attached hydrogens (tertiary/aromatic N) is 2. The molecule has 88 valence electrons. The molecule has 0 unspecified atom stereocenters. The van der Waals surface area contributed by atoms with E-state index in [0.29, 0.717) is 12.0 Å². The van der Waals surface area contributed by atoms with Crippen molar-refractivity contribution in [3.63, 3.8) is 0 Å². The van der Waals surface area contributed by atoms with Gasteiger partial charge in [0.2, 0.25) is 0 Å². The van der Waals surface area contributed by atoms with Gasteiger partial charge in [0, 0.05) is 31.9 Å². The maximum absolute atomic E-state index is 5.94. The fourth-order valence-electron chi connectivity index (χ4n) is 1.58. The largest absolute Gasteiger partial charge is 0.490 e. The highest BCUT2D eigenvalue weighted by Gasteiger charge is 2.25. The minimum absolute atomic E-state index is 0.440. The lowest BCUT2D eigenvalue weighted by atomic mass is 10.0. The molecule has 0 bridgehead atoms. The molecule has 3 heteroatoms. The maximum atomic E-state index is 5.94. The van der Waals surface area contributed by atoms with Gasteiger partial charge in [0.25, 0.3) is 0 Å². The Bertz CT molecular complexity index is 370. The molecule has 2 rings (SSSR count). The zero-order chi connectivity index (χ0) is 11.7. The molecule has 0 radical (unpaired) electrons. The molecular weight excluding hydrogens is 200 g/mol. The Balaban J connectivity index is 2.29. The zero-order valence-electron chi connectivity index (χ0n) is 10.5. The molecular formula is C13H20N2O. The topological polar surface area (TPSA) is 25.4 Å². The average Bonchev–Trinajstić information content (AvgIpc) is 3.01. The summed E-state index contributed by atoms with van der Waals surface area (Å²) in [5, 5.41) is 0. The van der Waals surface area contributed by atoms with Crippen molar-refractivity contribution in [1.82, 2.24) is 4.98 Å². The van der Waals surface area contributed by atoms with Gasteiger partial charge < -0.3 is 9.64 Å². The molecule has 1 aromatic rings. The summed E-state index contributed by atoms with van der Waals surface area (Å²) < 4.78 is 5.94. The van der Waals surface area contributed by atoms with E-state index in [1.54, 1.807) is 0 Å². The Hall–Kier alpha value is -1.25. The van der Waals surface area contributed by atoms with Crippen LogP contribution in [0.3, 0.4) is 0 Å². The van der Waals surface area contributed by atoms with Crippen molar-refractivity contribution in [3.05, 3.63) is 17.8 Å². The molecule has 3 nitrogen and oxygen atoms in total. The van der Waals surface area contributed by atoms with Crippen LogP contribution in [-0.4, -0.2) is 25.2 Å². The first-order chi connectivity index (χ1) is 7.58. The van der Waals surface area contributed by atoms with E-state index in [9.17, 15) is 0 Å². The van der Waals surface area contributed by atoms with Gasteiger partial charge in [-0.1, -0.05) is 13.8 Å². The van der Waals surface area contributed by atoms with Crippen molar-refractivity contribution in [2.75, 3.05) is 19.0 Å². The predicted octanol–water partition coefficient (Wildman–Crippen LogP) is 2.81. The quantitative estimate of drug-likeness (QED) is 0.780. The van der Waals surface area contributed by atoms with E-state index >= 15 is 0 Å². The van der Waals surface area contributed by atoms with Crippen LogP contribution in [0.5, 0.6) is 5.75 Å². The zero-order valence-corrected chi connectivity index (χ0v) is 10.5. The second-order valence-electron chi connectivity index (χ2n) is 4.95. The van der Waals surface area contributed by atoms with Crippen molar-refractivity contribution in [2.45, 2.75) is 38.7 Å². The van der Waals surface area contributed by atoms with Gasteiger partial charge in [-0.05, 0) is 18.8 Å². The number of anilines is 1. The molecule has 16 heavy (non-hydrogen) atoms. The third kappa shape index (κ3) is 2.46. The molecule has 1 heterocycles. The van der Waals surface area contributed by atoms with Crippen molar-refractivity contribution in [2.24, 2.45) is 0 Å². The lowest BCUT2D eigenvalue weighted by Crippen LogP contribution is -2.12. The van der Waals surface area contributed by atoms with Crippen LogP contribution in [-0.2, 0) is 0 Å². The Morgan fingerprint density at radius 2 is 2.06 bits per heavy atom. The highest BCUT2D eigenvalue weighted by molar-refractivity contribution is 5.47. The van der Waals surface area contributed by atoms with Crippen LogP contribution in [0.1, 0.15) is 38.2 Å². The minimum Gasteiger partial charge on any atom is -0.490 e. The molecule has 1 saturated carbocycles. The summed E-state index contributed by atoms with van der Waals surface area (Å²) >= 11 is 0. The monoisotopic (exact) mass is 220 g/mol. The number of hydrogen-bond acceptors (Lipinski definition) is 3. The van der Waals surface area contributed by atoms with Gasteiger partial charge in [-0.15, -0.1) is 0 Å². The van der Waals surface area contributed by atoms with Crippen LogP contribution in [0, 0.1) is 0 Å². The molecule has 0 saturated heterocycles. The molecule has 1 aromatic heterocycles. The fourth-order valence-corrected chi connectivity index (χ4v) is 1.58. The number of pyridine rings is 1. The lowest BCUT2D eigenvalue weighted by molar-refractivity contribution is 0.298. The Morgan fingerprint density at radius 3 is 2.56 bits per heavy atom. The Labute approximate surface area is 97.4 Å². The van der Waals surface area contributed by atoms with Crippen LogP contribution in [0.2, 0.25) is 0 Å². The first-order valence-corrected chi connectivity index (χ1v) is 5.92. The Kier molecular flexibility index (Phi) is 3.03. The molecule has 0 spiro atoms. The van der Waals surface area contributed by atoms with E-state index in [1.807, 2.05) is 31.3 Å². The van der Waals surface area contributed by atoms with E-state index in [1.165, 1.54) is 18.4 Å². The van der Waals surface area contributed by atoms with E-state index < -0.39 is 0 Å². The first kappa shape index (κ1) is 11.2. The standard InChI is InChI=1S/C13H20N2O/c1-9(2)11-8-14-13(15(3)4)7-12(11)16-10-5-6-10/h7-10H,5-6H2,1-4H3. The molecule has 0 N–H and O–H groups in total. The molecule has 0 aromatic carbocycles. The van der Waals surface area contributed by atoms with E-state index in [4.69, 9.17) is 4.74 Å². The minimum atomic E-state index is 0.440. The maximum Gasteiger partial charge on any atom is 0.131 e. The van der Waals surface area contributed by atoms with Crippen molar-refractivity contribution in [3.8, 4) is 5.75 Å². The van der Waals surface area contributed by atoms with Gasteiger partial charge in [0.15, 0.2) is 0 Å². The van der Waals surface area contributed by atoms with E-state index in [0.717, 1.165) is 11.6 Å². The molecule has 1 aliphatic rings. The molecule has 1 fully saturated rings. The molecule has 0 atom stereocenters. The smallest absolute Gasteiger partial charge is 0.131 e. The van der Waals surface area contributed by atoms with Gasteiger partial charge in [-0.3, -0.25) is 0 Å². The summed E-state index contributed by atoms with van der Waals surface area (Å²) in [6.07, 6.45) is 4.77. The normalized spacial score (nSPS) is 15.3. The van der Waals surface area contributed by atoms with E-state index in [-0.39, 0.29) is 0 Å².